The fraction of sp³-hybridized carbons (Fsp3) is 0.400. The Labute approximate surface area is 237 Å². The molecule has 2 aromatic rings. The Morgan fingerprint density at radius 3 is 2.15 bits per heavy atom. The van der Waals surface area contributed by atoms with Crippen molar-refractivity contribution in [3.05, 3.63) is 71.3 Å². The number of likely N-dealkylation sites (tertiary alicyclic amines) is 1. The van der Waals surface area contributed by atoms with Gasteiger partial charge < -0.3 is 36.0 Å². The van der Waals surface area contributed by atoms with Crippen molar-refractivity contribution in [2.75, 3.05) is 31.1 Å². The van der Waals surface area contributed by atoms with Gasteiger partial charge in [0.15, 0.2) is 5.60 Å². The van der Waals surface area contributed by atoms with E-state index in [4.69, 9.17) is 26.2 Å². The third kappa shape index (κ3) is 6.64. The molecule has 1 spiro atoms. The molecule has 11 nitrogen and oxygen atoms in total. The molecule has 0 saturated carbocycles. The zero-order valence-electron chi connectivity index (χ0n) is 22.6. The number of fused-ring (bicyclic) bond motifs is 3. The average Bonchev–Trinajstić information content (AvgIpc) is 3.51. The van der Waals surface area contributed by atoms with Gasteiger partial charge in [-0.15, -0.1) is 0 Å². The highest BCUT2D eigenvalue weighted by Gasteiger charge is 2.41. The van der Waals surface area contributed by atoms with E-state index in [1.54, 1.807) is 0 Å². The number of piperidine rings is 1. The van der Waals surface area contributed by atoms with Gasteiger partial charge in [-0.25, -0.2) is 4.79 Å². The minimum absolute atomic E-state index is 0.0522. The van der Waals surface area contributed by atoms with Crippen LogP contribution in [0, 0.1) is 0 Å². The molecule has 41 heavy (non-hydrogen) atoms. The maximum atomic E-state index is 13.0. The first kappa shape index (κ1) is 29.9. The van der Waals surface area contributed by atoms with Gasteiger partial charge in [-0.3, -0.25) is 14.4 Å². The summed E-state index contributed by atoms with van der Waals surface area (Å²) in [6.45, 7) is 3.35. The molecule has 2 aliphatic heterocycles. The fourth-order valence-electron chi connectivity index (χ4n) is 5.84. The van der Waals surface area contributed by atoms with Crippen molar-refractivity contribution in [3.63, 3.8) is 0 Å². The standard InChI is InChI=1S/C24H27N3O.C6H8O7/c25-21(23(28)27-14-10-19-6-2-4-8-22(19)27)17-26-15-12-24(13-16-26)11-9-18-5-1-3-7-20(18)24;7-3(8)1-6(13,5(11)12)2-4(9)10/h1-9,11,21H,10,12-17,25H2;13H,1-2H2,(H,7,8)(H,9,10)(H,11,12). The Morgan fingerprint density at radius 2 is 1.51 bits per heavy atom. The van der Waals surface area contributed by atoms with Crippen LogP contribution in [-0.4, -0.2) is 87.0 Å². The van der Waals surface area contributed by atoms with Crippen molar-refractivity contribution in [3.8, 4) is 0 Å². The lowest BCUT2D eigenvalue weighted by atomic mass is 9.74. The molecule has 0 aromatic heterocycles. The highest BCUT2D eigenvalue weighted by Crippen LogP contribution is 2.43. The van der Waals surface area contributed by atoms with E-state index in [-0.39, 0.29) is 11.3 Å². The molecule has 2 aromatic carbocycles. The first-order valence-corrected chi connectivity index (χ1v) is 13.5. The number of aliphatic carboxylic acids is 3. The Balaban J connectivity index is 0.000000254. The number of carboxylic acids is 3. The molecule has 11 heteroatoms. The van der Waals surface area contributed by atoms with E-state index in [1.807, 2.05) is 23.1 Å². The number of nitrogens with two attached hydrogens (primary N) is 1. The summed E-state index contributed by atoms with van der Waals surface area (Å²) in [5.74, 6) is -4.97. The molecule has 1 saturated heterocycles. The number of carbonyl (C=O) groups is 4. The number of carboxylic acid groups (broad SMARTS) is 3. The molecule has 1 amide bonds. The second-order valence-electron chi connectivity index (χ2n) is 10.8. The summed E-state index contributed by atoms with van der Waals surface area (Å²) < 4.78 is 0. The molecular formula is C30H35N3O8. The van der Waals surface area contributed by atoms with Crippen LogP contribution in [0.3, 0.4) is 0 Å². The number of allylic oxidation sites excluding steroid dienone is 1. The van der Waals surface area contributed by atoms with E-state index in [2.05, 4.69) is 47.4 Å². The second kappa shape index (κ2) is 12.2. The second-order valence-corrected chi connectivity index (χ2v) is 10.8. The Morgan fingerprint density at radius 1 is 0.902 bits per heavy atom. The van der Waals surface area contributed by atoms with Crippen LogP contribution >= 0.6 is 0 Å². The zero-order chi connectivity index (χ0) is 29.8. The van der Waals surface area contributed by atoms with Crippen molar-refractivity contribution in [2.45, 2.75) is 49.2 Å². The largest absolute Gasteiger partial charge is 0.481 e. The van der Waals surface area contributed by atoms with Gasteiger partial charge in [0.2, 0.25) is 5.91 Å². The molecule has 1 aliphatic carbocycles. The van der Waals surface area contributed by atoms with Crippen LogP contribution in [0.4, 0.5) is 5.69 Å². The topological polar surface area (TPSA) is 182 Å². The van der Waals surface area contributed by atoms with Crippen LogP contribution in [0.25, 0.3) is 6.08 Å². The summed E-state index contributed by atoms with van der Waals surface area (Å²) in [6, 6.07) is 16.4. The first-order valence-electron chi connectivity index (χ1n) is 13.5. The lowest BCUT2D eigenvalue weighted by Gasteiger charge is -2.40. The van der Waals surface area contributed by atoms with E-state index in [1.165, 1.54) is 16.7 Å². The predicted octanol–water partition coefficient (Wildman–Crippen LogP) is 1.72. The summed E-state index contributed by atoms with van der Waals surface area (Å²) in [5, 5.41) is 33.8. The van der Waals surface area contributed by atoms with Crippen LogP contribution in [0.5, 0.6) is 0 Å². The van der Waals surface area contributed by atoms with Crippen molar-refractivity contribution < 1.29 is 39.6 Å². The maximum absolute atomic E-state index is 13.0. The van der Waals surface area contributed by atoms with Gasteiger partial charge in [-0.2, -0.15) is 0 Å². The number of hydrogen-bond acceptors (Lipinski definition) is 7. The third-order valence-corrected chi connectivity index (χ3v) is 8.04. The molecule has 3 aliphatic rings. The van der Waals surface area contributed by atoms with Gasteiger partial charge in [0.1, 0.15) is 0 Å². The van der Waals surface area contributed by atoms with Crippen molar-refractivity contribution in [1.29, 1.82) is 0 Å². The number of para-hydroxylation sites is 1. The summed E-state index contributed by atoms with van der Waals surface area (Å²) in [5.41, 5.74) is 8.90. The number of benzene rings is 2. The molecule has 0 radical (unpaired) electrons. The molecule has 2 heterocycles. The number of nitrogens with zero attached hydrogens (tertiary/aromatic N) is 2. The van der Waals surface area contributed by atoms with E-state index in [0.717, 1.165) is 44.6 Å². The minimum atomic E-state index is -2.74. The van der Waals surface area contributed by atoms with Crippen molar-refractivity contribution >= 4 is 35.6 Å². The summed E-state index contributed by atoms with van der Waals surface area (Å²) in [7, 11) is 0. The molecule has 5 rings (SSSR count). The van der Waals surface area contributed by atoms with E-state index >= 15 is 0 Å². The number of hydrogen-bond donors (Lipinski definition) is 5. The highest BCUT2D eigenvalue weighted by molar-refractivity contribution is 5.99. The molecule has 1 atom stereocenters. The Bertz CT molecular complexity index is 1330. The average molecular weight is 566 g/mol. The molecule has 0 bridgehead atoms. The van der Waals surface area contributed by atoms with Gasteiger partial charge >= 0.3 is 17.9 Å². The van der Waals surface area contributed by atoms with Crippen LogP contribution in [-0.2, 0) is 31.0 Å². The van der Waals surface area contributed by atoms with Gasteiger partial charge in [-0.05, 0) is 55.1 Å². The number of aliphatic hydroxyl groups is 1. The SMILES string of the molecule is NC(CN1CCC2(C=Cc3ccccc32)CC1)C(=O)N1CCc2ccccc21.O=C(O)CC(O)(CC(=O)O)C(=O)O. The summed E-state index contributed by atoms with van der Waals surface area (Å²) >= 11 is 0. The molecule has 1 unspecified atom stereocenters. The number of anilines is 1. The Kier molecular flexibility index (Phi) is 8.91. The zero-order valence-corrected chi connectivity index (χ0v) is 22.6. The van der Waals surface area contributed by atoms with Gasteiger partial charge in [0.05, 0.1) is 18.9 Å². The van der Waals surface area contributed by atoms with Gasteiger partial charge in [-0.1, -0.05) is 54.6 Å². The first-order chi connectivity index (χ1) is 19.4. The normalized spacial score (nSPS) is 17.8. The van der Waals surface area contributed by atoms with Crippen LogP contribution in [0.15, 0.2) is 54.6 Å². The lowest BCUT2D eigenvalue weighted by molar-refractivity contribution is -0.170. The monoisotopic (exact) mass is 565 g/mol. The number of rotatable bonds is 8. The lowest BCUT2D eigenvalue weighted by Crippen LogP contribution is -2.52. The number of amides is 1. The molecule has 6 N–H and O–H groups in total. The quantitative estimate of drug-likeness (QED) is 0.316. The van der Waals surface area contributed by atoms with Gasteiger partial charge in [0, 0.05) is 24.2 Å². The Hall–Kier alpha value is -4.06. The summed E-state index contributed by atoms with van der Waals surface area (Å²) in [4.78, 5) is 47.7. The smallest absolute Gasteiger partial charge is 0.336 e. The van der Waals surface area contributed by atoms with Crippen molar-refractivity contribution in [1.82, 2.24) is 4.90 Å². The molecular weight excluding hydrogens is 530 g/mol. The molecule has 218 valence electrons. The van der Waals surface area contributed by atoms with Crippen LogP contribution in [0.2, 0.25) is 0 Å². The highest BCUT2D eigenvalue weighted by atomic mass is 16.4. The molecule has 1 fully saturated rings. The fourth-order valence-corrected chi connectivity index (χ4v) is 5.84. The van der Waals surface area contributed by atoms with E-state index < -0.39 is 42.4 Å². The van der Waals surface area contributed by atoms with Crippen LogP contribution < -0.4 is 10.6 Å². The van der Waals surface area contributed by atoms with E-state index in [0.29, 0.717) is 6.54 Å². The maximum Gasteiger partial charge on any atom is 0.336 e. The van der Waals surface area contributed by atoms with E-state index in [9.17, 15) is 19.2 Å². The predicted molar refractivity (Wildman–Crippen MR) is 150 cm³/mol. The minimum Gasteiger partial charge on any atom is -0.481 e. The van der Waals surface area contributed by atoms with Gasteiger partial charge in [0.25, 0.3) is 0 Å². The summed E-state index contributed by atoms with van der Waals surface area (Å²) in [6.07, 6.45) is 5.48. The van der Waals surface area contributed by atoms with Crippen molar-refractivity contribution in [2.24, 2.45) is 5.73 Å². The number of carbonyl (C=O) groups excluding carboxylic acids is 1. The third-order valence-electron chi connectivity index (χ3n) is 8.04. The van der Waals surface area contributed by atoms with Crippen LogP contribution in [0.1, 0.15) is 42.4 Å².